The molecular weight excluding hydrogens is 388 g/mol. The van der Waals surface area contributed by atoms with E-state index in [-0.39, 0.29) is 5.91 Å². The summed E-state index contributed by atoms with van der Waals surface area (Å²) in [6.45, 7) is 4.55. The first-order chi connectivity index (χ1) is 15.0. The molecule has 1 amide bonds. The maximum Gasteiger partial charge on any atom is 0.254 e. The van der Waals surface area contributed by atoms with Crippen molar-refractivity contribution in [3.63, 3.8) is 0 Å². The van der Waals surface area contributed by atoms with E-state index in [4.69, 9.17) is 9.47 Å². The molecule has 0 bridgehead atoms. The van der Waals surface area contributed by atoms with Crippen molar-refractivity contribution in [1.82, 2.24) is 9.80 Å². The van der Waals surface area contributed by atoms with Crippen LogP contribution in [0, 0.1) is 0 Å². The third kappa shape index (κ3) is 6.11. The fourth-order valence-electron chi connectivity index (χ4n) is 4.23. The summed E-state index contributed by atoms with van der Waals surface area (Å²) in [5.41, 5.74) is 2.92. The third-order valence-electron chi connectivity index (χ3n) is 5.97. The Hall–Kier alpha value is -2.79. The van der Waals surface area contributed by atoms with Crippen molar-refractivity contribution in [3.05, 3.63) is 65.2 Å². The Balaban J connectivity index is 1.80. The van der Waals surface area contributed by atoms with Gasteiger partial charge in [-0.3, -0.25) is 4.79 Å². The summed E-state index contributed by atoms with van der Waals surface area (Å²) in [6.07, 6.45) is 5.57. The molecule has 2 aromatic rings. The number of amides is 1. The lowest BCUT2D eigenvalue weighted by atomic mass is 10.1. The van der Waals surface area contributed by atoms with Crippen molar-refractivity contribution in [3.8, 4) is 11.5 Å². The van der Waals surface area contributed by atoms with Crippen LogP contribution >= 0.6 is 0 Å². The average molecular weight is 423 g/mol. The van der Waals surface area contributed by atoms with Crippen LogP contribution in [-0.2, 0) is 0 Å². The molecule has 1 aliphatic heterocycles. The molecule has 0 spiro atoms. The highest BCUT2D eigenvalue weighted by molar-refractivity contribution is 5.95. The minimum absolute atomic E-state index is 0.0161. The molecule has 1 fully saturated rings. The Kier molecular flexibility index (Phi) is 8.13. The number of methoxy groups -OCH3 is 2. The molecule has 1 saturated heterocycles. The topological polar surface area (TPSA) is 42.0 Å². The number of rotatable bonds is 9. The van der Waals surface area contributed by atoms with Crippen LogP contribution in [0.25, 0.3) is 6.08 Å². The van der Waals surface area contributed by atoms with Crippen LogP contribution in [0.5, 0.6) is 11.5 Å². The summed E-state index contributed by atoms with van der Waals surface area (Å²) in [5.74, 6) is 1.21. The van der Waals surface area contributed by atoms with Gasteiger partial charge in [-0.1, -0.05) is 42.0 Å². The number of hydrogen-bond acceptors (Lipinski definition) is 4. The van der Waals surface area contributed by atoms with E-state index in [1.165, 1.54) is 12.8 Å². The van der Waals surface area contributed by atoms with Crippen LogP contribution in [0.3, 0.4) is 0 Å². The third-order valence-corrected chi connectivity index (χ3v) is 5.97. The van der Waals surface area contributed by atoms with Gasteiger partial charge in [-0.2, -0.15) is 0 Å². The van der Waals surface area contributed by atoms with E-state index >= 15 is 0 Å². The normalized spacial score (nSPS) is 16.9. The molecule has 1 unspecified atom stereocenters. The van der Waals surface area contributed by atoms with Gasteiger partial charge in [0.05, 0.1) is 14.2 Å². The van der Waals surface area contributed by atoms with Gasteiger partial charge in [0.2, 0.25) is 0 Å². The molecule has 0 saturated carbocycles. The maximum atomic E-state index is 13.5. The molecule has 0 radical (unpaired) electrons. The first-order valence-corrected chi connectivity index (χ1v) is 11.0. The molecule has 3 rings (SSSR count). The van der Waals surface area contributed by atoms with Gasteiger partial charge < -0.3 is 19.3 Å². The molecule has 0 aromatic heterocycles. The first kappa shape index (κ1) is 22.9. The average Bonchev–Trinajstić information content (AvgIpc) is 3.20. The standard InChI is InChI=1S/C26H34N2O3/c1-20(17-21-9-6-5-7-10-21)19-28(16-14-23-11-8-15-27(23)2)26(29)22-12-13-24(30-3)25(18-22)31-4/h5-7,9-10,12-13,17-18,23H,8,11,14-16,19H2,1-4H3. The van der Waals surface area contributed by atoms with Crippen LogP contribution < -0.4 is 9.47 Å². The molecule has 5 nitrogen and oxygen atoms in total. The molecule has 1 heterocycles. The monoisotopic (exact) mass is 422 g/mol. The Morgan fingerprint density at radius 1 is 1.13 bits per heavy atom. The van der Waals surface area contributed by atoms with Crippen LogP contribution in [-0.4, -0.2) is 62.7 Å². The number of nitrogens with zero attached hydrogens (tertiary/aromatic N) is 2. The van der Waals surface area contributed by atoms with Crippen LogP contribution in [0.1, 0.15) is 42.1 Å². The summed E-state index contributed by atoms with van der Waals surface area (Å²) in [7, 11) is 5.37. The number of ether oxygens (including phenoxy) is 2. The second-order valence-corrected chi connectivity index (χ2v) is 8.26. The van der Waals surface area contributed by atoms with Crippen LogP contribution in [0.15, 0.2) is 54.1 Å². The summed E-state index contributed by atoms with van der Waals surface area (Å²) in [5, 5.41) is 0. The predicted octanol–water partition coefficient (Wildman–Crippen LogP) is 4.73. The van der Waals surface area contributed by atoms with E-state index in [0.29, 0.717) is 29.6 Å². The zero-order valence-electron chi connectivity index (χ0n) is 19.1. The summed E-state index contributed by atoms with van der Waals surface area (Å²) < 4.78 is 10.7. The van der Waals surface area contributed by atoms with Gasteiger partial charge in [0.25, 0.3) is 5.91 Å². The highest BCUT2D eigenvalue weighted by Gasteiger charge is 2.24. The maximum absolute atomic E-state index is 13.5. The van der Waals surface area contributed by atoms with Crippen LogP contribution in [0.2, 0.25) is 0 Å². The summed E-state index contributed by atoms with van der Waals surface area (Å²) in [4.78, 5) is 17.8. The zero-order valence-corrected chi connectivity index (χ0v) is 19.1. The molecule has 1 aliphatic rings. The largest absolute Gasteiger partial charge is 0.493 e. The van der Waals surface area contributed by atoms with Crippen molar-refractivity contribution in [2.24, 2.45) is 0 Å². The van der Waals surface area contributed by atoms with Gasteiger partial charge in [-0.05, 0) is 63.5 Å². The zero-order chi connectivity index (χ0) is 22.2. The lowest BCUT2D eigenvalue weighted by molar-refractivity contribution is 0.0757. The SMILES string of the molecule is COc1ccc(C(=O)N(CCC2CCCN2C)CC(C)=Cc2ccccc2)cc1OC. The highest BCUT2D eigenvalue weighted by Crippen LogP contribution is 2.28. The van der Waals surface area contributed by atoms with E-state index < -0.39 is 0 Å². The minimum atomic E-state index is 0.0161. The van der Waals surface area contributed by atoms with E-state index in [2.05, 4.69) is 37.1 Å². The molecule has 2 aromatic carbocycles. The van der Waals surface area contributed by atoms with Gasteiger partial charge in [0, 0.05) is 24.7 Å². The van der Waals surface area contributed by atoms with Crippen molar-refractivity contribution in [1.29, 1.82) is 0 Å². The fraction of sp³-hybridized carbons (Fsp3) is 0.423. The lowest BCUT2D eigenvalue weighted by Crippen LogP contribution is -2.37. The second-order valence-electron chi connectivity index (χ2n) is 8.26. The van der Waals surface area contributed by atoms with E-state index in [9.17, 15) is 4.79 Å². The second kappa shape index (κ2) is 11.0. The first-order valence-electron chi connectivity index (χ1n) is 11.0. The highest BCUT2D eigenvalue weighted by atomic mass is 16.5. The van der Waals surface area contributed by atoms with Crippen LogP contribution in [0.4, 0.5) is 0 Å². The van der Waals surface area contributed by atoms with Crippen molar-refractivity contribution in [2.45, 2.75) is 32.2 Å². The minimum Gasteiger partial charge on any atom is -0.493 e. The molecule has 5 heteroatoms. The lowest BCUT2D eigenvalue weighted by Gasteiger charge is -2.27. The van der Waals surface area contributed by atoms with Gasteiger partial charge in [-0.25, -0.2) is 0 Å². The molecular formula is C26H34N2O3. The molecule has 0 aliphatic carbocycles. The molecule has 0 N–H and O–H groups in total. The summed E-state index contributed by atoms with van der Waals surface area (Å²) >= 11 is 0. The fourth-order valence-corrected chi connectivity index (χ4v) is 4.23. The van der Waals surface area contributed by atoms with Gasteiger partial charge in [-0.15, -0.1) is 0 Å². The van der Waals surface area contributed by atoms with Gasteiger partial charge in [0.1, 0.15) is 0 Å². The van der Waals surface area contributed by atoms with E-state index in [1.54, 1.807) is 26.4 Å². The van der Waals surface area contributed by atoms with Gasteiger partial charge in [0.15, 0.2) is 11.5 Å². The predicted molar refractivity (Wildman–Crippen MR) is 126 cm³/mol. The molecule has 166 valence electrons. The van der Waals surface area contributed by atoms with Gasteiger partial charge >= 0.3 is 0 Å². The van der Waals surface area contributed by atoms with Crippen molar-refractivity contribution >= 4 is 12.0 Å². The Bertz CT molecular complexity index is 895. The van der Waals surface area contributed by atoms with E-state index in [1.807, 2.05) is 29.2 Å². The summed E-state index contributed by atoms with van der Waals surface area (Å²) in [6, 6.07) is 16.2. The number of likely N-dealkylation sites (tertiary alicyclic amines) is 1. The smallest absolute Gasteiger partial charge is 0.254 e. The van der Waals surface area contributed by atoms with Crippen molar-refractivity contribution < 1.29 is 14.3 Å². The molecule has 1 atom stereocenters. The number of benzene rings is 2. The quantitative estimate of drug-likeness (QED) is 0.586. The Morgan fingerprint density at radius 2 is 1.87 bits per heavy atom. The number of carbonyl (C=O) groups excluding carboxylic acids is 1. The Labute approximate surface area is 186 Å². The van der Waals surface area contributed by atoms with Crippen molar-refractivity contribution in [2.75, 3.05) is 40.9 Å². The number of carbonyl (C=O) groups is 1. The molecule has 31 heavy (non-hydrogen) atoms. The van der Waals surface area contributed by atoms with E-state index in [0.717, 1.165) is 30.6 Å². The Morgan fingerprint density at radius 3 is 2.52 bits per heavy atom. The number of hydrogen-bond donors (Lipinski definition) is 0.